The highest BCUT2D eigenvalue weighted by atomic mass is 32.1. The van der Waals surface area contributed by atoms with Crippen molar-refractivity contribution in [1.29, 1.82) is 0 Å². The van der Waals surface area contributed by atoms with Gasteiger partial charge in [0.2, 0.25) is 17.7 Å². The highest BCUT2D eigenvalue weighted by Gasteiger charge is 2.33. The Kier molecular flexibility index (Phi) is 7.20. The minimum absolute atomic E-state index is 0.0702. The molecule has 7 nitrogen and oxygen atoms in total. The fourth-order valence-corrected chi connectivity index (χ4v) is 4.28. The normalized spacial score (nSPS) is 16.0. The van der Waals surface area contributed by atoms with Gasteiger partial charge in [0.05, 0.1) is 22.6 Å². The molecule has 1 unspecified atom stereocenters. The van der Waals surface area contributed by atoms with E-state index >= 15 is 0 Å². The number of nitrogens with one attached hydrogen (secondary N) is 2. The van der Waals surface area contributed by atoms with E-state index in [1.54, 1.807) is 30.1 Å². The first-order valence-electron chi connectivity index (χ1n) is 10.2. The molecule has 3 rings (SSSR count). The number of rotatable bonds is 7. The molecule has 0 spiro atoms. The summed E-state index contributed by atoms with van der Waals surface area (Å²) in [4.78, 5) is 43.8. The Morgan fingerprint density at radius 3 is 2.57 bits per heavy atom. The van der Waals surface area contributed by atoms with Gasteiger partial charge in [-0.05, 0) is 30.9 Å². The van der Waals surface area contributed by atoms with E-state index in [2.05, 4.69) is 15.6 Å². The Bertz CT molecular complexity index is 907. The second kappa shape index (κ2) is 9.84. The van der Waals surface area contributed by atoms with Crippen LogP contribution < -0.4 is 10.6 Å². The van der Waals surface area contributed by atoms with E-state index in [4.69, 9.17) is 0 Å². The average Bonchev–Trinajstić information content (AvgIpc) is 3.39. The smallest absolute Gasteiger partial charge is 0.243 e. The molecule has 1 aliphatic heterocycles. The van der Waals surface area contributed by atoms with Crippen LogP contribution in [0.3, 0.4) is 0 Å². The molecule has 1 fully saturated rings. The van der Waals surface area contributed by atoms with Crippen molar-refractivity contribution < 1.29 is 14.4 Å². The molecule has 30 heavy (non-hydrogen) atoms. The SMILES string of the molecule is Cc1ncsc1-c1ccc(CNC(=O)C2CCCN2C(=O)CNC(=O)C(C)C)cc1. The third-order valence-electron chi connectivity index (χ3n) is 5.24. The monoisotopic (exact) mass is 428 g/mol. The number of hydrogen-bond acceptors (Lipinski definition) is 5. The van der Waals surface area contributed by atoms with E-state index in [1.807, 2.05) is 36.7 Å². The summed E-state index contributed by atoms with van der Waals surface area (Å²) in [5.74, 6) is -0.716. The molecule has 2 heterocycles. The van der Waals surface area contributed by atoms with Crippen LogP contribution in [-0.2, 0) is 20.9 Å². The zero-order valence-electron chi connectivity index (χ0n) is 17.6. The maximum atomic E-state index is 12.7. The summed E-state index contributed by atoms with van der Waals surface area (Å²) < 4.78 is 0. The lowest BCUT2D eigenvalue weighted by atomic mass is 10.1. The number of benzene rings is 1. The van der Waals surface area contributed by atoms with Crippen molar-refractivity contribution in [1.82, 2.24) is 20.5 Å². The van der Waals surface area contributed by atoms with Gasteiger partial charge in [0.15, 0.2) is 0 Å². The van der Waals surface area contributed by atoms with Gasteiger partial charge in [-0.2, -0.15) is 0 Å². The van der Waals surface area contributed by atoms with Crippen molar-refractivity contribution >= 4 is 29.1 Å². The van der Waals surface area contributed by atoms with Gasteiger partial charge in [0.25, 0.3) is 0 Å². The van der Waals surface area contributed by atoms with E-state index in [-0.39, 0.29) is 30.2 Å². The van der Waals surface area contributed by atoms with E-state index in [1.165, 1.54) is 0 Å². The van der Waals surface area contributed by atoms with Gasteiger partial charge in [-0.25, -0.2) is 4.98 Å². The van der Waals surface area contributed by atoms with Gasteiger partial charge >= 0.3 is 0 Å². The Labute approximate surface area is 180 Å². The fraction of sp³-hybridized carbons (Fsp3) is 0.455. The Morgan fingerprint density at radius 2 is 1.93 bits per heavy atom. The molecule has 2 N–H and O–H groups in total. The lowest BCUT2D eigenvalue weighted by Crippen LogP contribution is -2.49. The maximum Gasteiger partial charge on any atom is 0.243 e. The van der Waals surface area contributed by atoms with Crippen LogP contribution in [0.1, 0.15) is 37.9 Å². The molecule has 8 heteroatoms. The topological polar surface area (TPSA) is 91.4 Å². The largest absolute Gasteiger partial charge is 0.350 e. The molecule has 1 saturated heterocycles. The van der Waals surface area contributed by atoms with Crippen LogP contribution in [0.25, 0.3) is 10.4 Å². The summed E-state index contributed by atoms with van der Waals surface area (Å²) in [6, 6.07) is 7.57. The first-order chi connectivity index (χ1) is 14.4. The molecule has 160 valence electrons. The first-order valence-corrected chi connectivity index (χ1v) is 11.1. The summed E-state index contributed by atoms with van der Waals surface area (Å²) in [6.45, 7) is 6.41. The molecule has 3 amide bonds. The van der Waals surface area contributed by atoms with Crippen molar-refractivity contribution in [2.24, 2.45) is 5.92 Å². The molecule has 2 aromatic rings. The lowest BCUT2D eigenvalue weighted by molar-refractivity contribution is -0.139. The number of carbonyl (C=O) groups excluding carboxylic acids is 3. The maximum absolute atomic E-state index is 12.7. The van der Waals surface area contributed by atoms with Crippen LogP contribution in [0.2, 0.25) is 0 Å². The summed E-state index contributed by atoms with van der Waals surface area (Å²) in [6.07, 6.45) is 1.42. The predicted molar refractivity (Wildman–Crippen MR) is 117 cm³/mol. The van der Waals surface area contributed by atoms with Crippen LogP contribution in [0.5, 0.6) is 0 Å². The number of thiazole rings is 1. The minimum Gasteiger partial charge on any atom is -0.350 e. The van der Waals surface area contributed by atoms with Gasteiger partial charge in [0.1, 0.15) is 6.04 Å². The van der Waals surface area contributed by atoms with E-state index < -0.39 is 6.04 Å². The third kappa shape index (κ3) is 5.24. The fourth-order valence-electron chi connectivity index (χ4n) is 3.47. The summed E-state index contributed by atoms with van der Waals surface area (Å²) in [7, 11) is 0. The number of carbonyl (C=O) groups is 3. The van der Waals surface area contributed by atoms with Crippen molar-refractivity contribution in [3.05, 3.63) is 41.0 Å². The number of aryl methyl sites for hydroxylation is 1. The van der Waals surface area contributed by atoms with Gasteiger partial charge in [-0.3, -0.25) is 14.4 Å². The second-order valence-electron chi connectivity index (χ2n) is 7.80. The summed E-state index contributed by atoms with van der Waals surface area (Å²) >= 11 is 1.61. The summed E-state index contributed by atoms with van der Waals surface area (Å²) in [5.41, 5.74) is 4.95. The van der Waals surface area contributed by atoms with Gasteiger partial charge in [-0.15, -0.1) is 11.3 Å². The number of nitrogens with zero attached hydrogens (tertiary/aromatic N) is 2. The highest BCUT2D eigenvalue weighted by Crippen LogP contribution is 2.27. The highest BCUT2D eigenvalue weighted by molar-refractivity contribution is 7.13. The quantitative estimate of drug-likeness (QED) is 0.709. The average molecular weight is 429 g/mol. The van der Waals surface area contributed by atoms with Gasteiger partial charge in [0, 0.05) is 19.0 Å². The van der Waals surface area contributed by atoms with E-state index in [0.717, 1.165) is 28.1 Å². The number of amides is 3. The standard InChI is InChI=1S/C22H28N4O3S/c1-14(2)21(28)24-12-19(27)26-10-4-5-18(26)22(29)23-11-16-6-8-17(9-7-16)20-15(3)25-13-30-20/h6-9,13-14,18H,4-5,10-12H2,1-3H3,(H,23,29)(H,24,28). The molecular formula is C22H28N4O3S. The molecule has 1 aromatic carbocycles. The predicted octanol–water partition coefficient (Wildman–Crippen LogP) is 2.50. The molecule has 1 atom stereocenters. The number of likely N-dealkylation sites (tertiary alicyclic amines) is 1. The molecule has 1 aromatic heterocycles. The number of hydrogen-bond donors (Lipinski definition) is 2. The summed E-state index contributed by atoms with van der Waals surface area (Å²) in [5, 5.41) is 5.58. The third-order valence-corrected chi connectivity index (χ3v) is 6.22. The van der Waals surface area contributed by atoms with Crippen molar-refractivity contribution in [2.75, 3.05) is 13.1 Å². The van der Waals surface area contributed by atoms with Crippen LogP contribution in [-0.4, -0.2) is 46.7 Å². The molecule has 0 aliphatic carbocycles. The lowest BCUT2D eigenvalue weighted by Gasteiger charge is -2.24. The van der Waals surface area contributed by atoms with Gasteiger partial charge < -0.3 is 15.5 Å². The molecule has 0 saturated carbocycles. The van der Waals surface area contributed by atoms with Crippen molar-refractivity contribution in [2.45, 2.75) is 46.2 Å². The zero-order valence-corrected chi connectivity index (χ0v) is 18.4. The second-order valence-corrected chi connectivity index (χ2v) is 8.65. The van der Waals surface area contributed by atoms with E-state index in [9.17, 15) is 14.4 Å². The molecule has 0 radical (unpaired) electrons. The molecular weight excluding hydrogens is 400 g/mol. The Hall–Kier alpha value is -2.74. The number of aromatic nitrogens is 1. The Morgan fingerprint density at radius 1 is 1.20 bits per heavy atom. The van der Waals surface area contributed by atoms with Crippen molar-refractivity contribution in [3.8, 4) is 10.4 Å². The molecule has 0 bridgehead atoms. The van der Waals surface area contributed by atoms with Crippen LogP contribution in [0, 0.1) is 12.8 Å². The van der Waals surface area contributed by atoms with E-state index in [0.29, 0.717) is 19.5 Å². The van der Waals surface area contributed by atoms with Crippen LogP contribution in [0.15, 0.2) is 29.8 Å². The molecule has 1 aliphatic rings. The van der Waals surface area contributed by atoms with Crippen LogP contribution in [0.4, 0.5) is 0 Å². The Balaban J connectivity index is 1.53. The van der Waals surface area contributed by atoms with Crippen molar-refractivity contribution in [3.63, 3.8) is 0 Å². The zero-order chi connectivity index (χ0) is 21.7. The minimum atomic E-state index is -0.479. The van der Waals surface area contributed by atoms with Gasteiger partial charge in [-0.1, -0.05) is 38.1 Å². The van der Waals surface area contributed by atoms with Crippen LogP contribution >= 0.6 is 11.3 Å². The first kappa shape index (κ1) is 22.0.